The van der Waals surface area contributed by atoms with Crippen molar-refractivity contribution >= 4 is 21.8 Å². The van der Waals surface area contributed by atoms with E-state index in [0.29, 0.717) is 19.4 Å². The topological polar surface area (TPSA) is 133 Å². The number of aryl methyl sites for hydroxylation is 2. The van der Waals surface area contributed by atoms with Crippen LogP contribution in [0.25, 0.3) is 0 Å². The first-order valence-corrected chi connectivity index (χ1v) is 13.9. The Hall–Kier alpha value is -3.79. The van der Waals surface area contributed by atoms with Crippen LogP contribution in [-0.2, 0) is 38.0 Å². The van der Waals surface area contributed by atoms with Crippen molar-refractivity contribution in [2.24, 2.45) is 0 Å². The number of esters is 1. The fourth-order valence-corrected chi connectivity index (χ4v) is 4.70. The summed E-state index contributed by atoms with van der Waals surface area (Å²) in [6.45, 7) is 5.95. The second kappa shape index (κ2) is 12.6. The van der Waals surface area contributed by atoms with Crippen molar-refractivity contribution in [3.8, 4) is 5.75 Å². The lowest BCUT2D eigenvalue weighted by Crippen LogP contribution is -2.23. The van der Waals surface area contributed by atoms with Gasteiger partial charge in [-0.05, 0) is 75.4 Å². The van der Waals surface area contributed by atoms with E-state index < -0.39 is 27.2 Å². The van der Waals surface area contributed by atoms with Crippen LogP contribution in [0.1, 0.15) is 60.9 Å². The smallest absolute Gasteiger partial charge is 0.338 e. The van der Waals surface area contributed by atoms with Crippen LogP contribution in [-0.4, -0.2) is 47.6 Å². The van der Waals surface area contributed by atoms with Gasteiger partial charge in [0, 0.05) is 18.8 Å². The Labute approximate surface area is 222 Å². The van der Waals surface area contributed by atoms with Crippen molar-refractivity contribution in [3.63, 3.8) is 0 Å². The zero-order valence-corrected chi connectivity index (χ0v) is 22.5. The number of hydrogen-bond donors (Lipinski definition) is 1. The minimum atomic E-state index is -3.67. The summed E-state index contributed by atoms with van der Waals surface area (Å²) in [6, 6.07) is 14.4. The van der Waals surface area contributed by atoms with Crippen molar-refractivity contribution in [3.05, 3.63) is 83.4 Å². The summed E-state index contributed by atoms with van der Waals surface area (Å²) in [7, 11) is -3.67. The van der Waals surface area contributed by atoms with E-state index in [1.54, 1.807) is 24.3 Å². The van der Waals surface area contributed by atoms with Gasteiger partial charge in [-0.25, -0.2) is 23.2 Å². The number of ether oxygens (including phenoxy) is 2. The molecule has 0 atom stereocenters. The zero-order valence-electron chi connectivity index (χ0n) is 21.7. The maximum absolute atomic E-state index is 12.7. The van der Waals surface area contributed by atoms with E-state index in [9.17, 15) is 18.0 Å². The Morgan fingerprint density at radius 3 is 1.97 bits per heavy atom. The highest BCUT2D eigenvalue weighted by atomic mass is 32.2. The first-order valence-electron chi connectivity index (χ1n) is 12.2. The molecule has 3 aromatic rings. The van der Waals surface area contributed by atoms with E-state index >= 15 is 0 Å². The molecule has 1 aromatic heterocycles. The SMILES string of the molecule is CC(C)(C)OC(=O)CCCOc1ccc(CCc2ccc(S(=O)(=O)Cc3ncc(C(=O)O)cn3)cc2)cc1. The molecule has 0 aliphatic carbocycles. The van der Waals surface area contributed by atoms with Crippen molar-refractivity contribution in [2.75, 3.05) is 6.61 Å². The van der Waals surface area contributed by atoms with Gasteiger partial charge in [0.05, 0.1) is 17.1 Å². The Balaban J connectivity index is 1.45. The number of carboxylic acids is 1. The quantitative estimate of drug-likeness (QED) is 0.261. The van der Waals surface area contributed by atoms with Crippen LogP contribution in [0.4, 0.5) is 0 Å². The monoisotopic (exact) mass is 540 g/mol. The first kappa shape index (κ1) is 28.8. The van der Waals surface area contributed by atoms with Crippen LogP contribution in [0.2, 0.25) is 0 Å². The molecule has 0 radical (unpaired) electrons. The second-order valence-corrected chi connectivity index (χ2v) is 11.8. The van der Waals surface area contributed by atoms with Gasteiger partial charge in [-0.2, -0.15) is 0 Å². The van der Waals surface area contributed by atoms with Crippen molar-refractivity contribution < 1.29 is 32.6 Å². The summed E-state index contributed by atoms with van der Waals surface area (Å²) in [5.41, 5.74) is 1.52. The molecule has 9 nitrogen and oxygen atoms in total. The first-order chi connectivity index (χ1) is 17.9. The Morgan fingerprint density at radius 1 is 0.895 bits per heavy atom. The van der Waals surface area contributed by atoms with Crippen molar-refractivity contribution in [1.29, 1.82) is 0 Å². The zero-order chi connectivity index (χ0) is 27.8. The van der Waals surface area contributed by atoms with E-state index in [1.165, 1.54) is 0 Å². The number of aromatic nitrogens is 2. The Morgan fingerprint density at radius 2 is 1.45 bits per heavy atom. The van der Waals surface area contributed by atoms with Gasteiger partial charge in [-0.15, -0.1) is 0 Å². The van der Waals surface area contributed by atoms with Gasteiger partial charge in [-0.3, -0.25) is 4.79 Å². The Bertz CT molecular complexity index is 1330. The molecule has 1 heterocycles. The number of carbonyl (C=O) groups is 2. The summed E-state index contributed by atoms with van der Waals surface area (Å²) in [4.78, 5) is 30.5. The fraction of sp³-hybridized carbons (Fsp3) is 0.357. The largest absolute Gasteiger partial charge is 0.494 e. The molecule has 0 bridgehead atoms. The van der Waals surface area contributed by atoms with E-state index in [4.69, 9.17) is 14.6 Å². The number of carbonyl (C=O) groups excluding carboxylic acids is 1. The number of carboxylic acid groups (broad SMARTS) is 1. The third-order valence-corrected chi connectivity index (χ3v) is 7.02. The van der Waals surface area contributed by atoms with Crippen LogP contribution >= 0.6 is 0 Å². The highest BCUT2D eigenvalue weighted by molar-refractivity contribution is 7.90. The normalized spacial score (nSPS) is 11.7. The standard InChI is InChI=1S/C28H32N2O7S/c1-28(2,3)37-26(31)5-4-16-36-23-12-8-20(9-13-23)6-7-21-10-14-24(15-11-21)38(34,35)19-25-29-17-22(18-30-25)27(32)33/h8-15,17-18H,4-7,16,19H2,1-3H3,(H,32,33). The molecule has 0 amide bonds. The highest BCUT2D eigenvalue weighted by Crippen LogP contribution is 2.18. The minimum absolute atomic E-state index is 0.0366. The van der Waals surface area contributed by atoms with Gasteiger partial charge in [0.25, 0.3) is 0 Å². The molecule has 10 heteroatoms. The van der Waals surface area contributed by atoms with Gasteiger partial charge in [0.15, 0.2) is 9.84 Å². The van der Waals surface area contributed by atoms with E-state index in [0.717, 1.165) is 42.1 Å². The molecule has 38 heavy (non-hydrogen) atoms. The molecule has 0 fully saturated rings. The molecule has 0 spiro atoms. The number of rotatable bonds is 12. The molecule has 0 saturated heterocycles. The fourth-order valence-electron chi connectivity index (χ4n) is 3.50. The van der Waals surface area contributed by atoms with E-state index in [-0.39, 0.29) is 22.3 Å². The average molecular weight is 541 g/mol. The van der Waals surface area contributed by atoms with Crippen LogP contribution < -0.4 is 4.74 Å². The van der Waals surface area contributed by atoms with Gasteiger partial charge in [-0.1, -0.05) is 24.3 Å². The predicted molar refractivity (Wildman–Crippen MR) is 141 cm³/mol. The third kappa shape index (κ3) is 9.26. The number of nitrogens with zero attached hydrogens (tertiary/aromatic N) is 2. The predicted octanol–water partition coefficient (Wildman–Crippen LogP) is 4.43. The molecular weight excluding hydrogens is 508 g/mol. The summed E-state index contributed by atoms with van der Waals surface area (Å²) in [5, 5.41) is 8.91. The van der Waals surface area contributed by atoms with E-state index in [2.05, 4.69) is 9.97 Å². The van der Waals surface area contributed by atoms with Crippen LogP contribution in [0, 0.1) is 0 Å². The van der Waals surface area contributed by atoms with Crippen molar-refractivity contribution in [1.82, 2.24) is 9.97 Å². The summed E-state index contributed by atoms with van der Waals surface area (Å²) >= 11 is 0. The molecule has 2 aromatic carbocycles. The summed E-state index contributed by atoms with van der Waals surface area (Å²) in [6.07, 6.45) is 4.57. The summed E-state index contributed by atoms with van der Waals surface area (Å²) in [5.74, 6) is -1.06. The number of benzene rings is 2. The summed E-state index contributed by atoms with van der Waals surface area (Å²) < 4.78 is 36.4. The lowest BCUT2D eigenvalue weighted by molar-refractivity contribution is -0.155. The van der Waals surface area contributed by atoms with Crippen molar-refractivity contribution in [2.45, 2.75) is 62.7 Å². The lowest BCUT2D eigenvalue weighted by Gasteiger charge is -2.19. The van der Waals surface area contributed by atoms with Crippen LogP contribution in [0.3, 0.4) is 0 Å². The van der Waals surface area contributed by atoms with E-state index in [1.807, 2.05) is 45.0 Å². The van der Waals surface area contributed by atoms with Crippen LogP contribution in [0.5, 0.6) is 5.75 Å². The molecule has 0 saturated carbocycles. The maximum Gasteiger partial charge on any atom is 0.338 e. The Kier molecular flexibility index (Phi) is 9.57. The van der Waals surface area contributed by atoms with Gasteiger partial charge in [0.2, 0.25) is 0 Å². The van der Waals surface area contributed by atoms with Gasteiger partial charge in [0.1, 0.15) is 22.9 Å². The third-order valence-electron chi connectivity index (χ3n) is 5.39. The van der Waals surface area contributed by atoms with Gasteiger partial charge < -0.3 is 14.6 Å². The van der Waals surface area contributed by atoms with Crippen LogP contribution in [0.15, 0.2) is 65.8 Å². The molecule has 3 rings (SSSR count). The lowest BCUT2D eigenvalue weighted by atomic mass is 10.0. The average Bonchev–Trinajstić information content (AvgIpc) is 2.85. The molecular formula is C28H32N2O7S. The highest BCUT2D eigenvalue weighted by Gasteiger charge is 2.18. The minimum Gasteiger partial charge on any atom is -0.494 e. The number of aromatic carboxylic acids is 1. The molecule has 202 valence electrons. The molecule has 1 N–H and O–H groups in total. The molecule has 0 aliphatic rings. The second-order valence-electron chi connectivity index (χ2n) is 9.78. The molecule has 0 unspecified atom stereocenters. The molecule has 0 aliphatic heterocycles. The number of hydrogen-bond acceptors (Lipinski definition) is 8. The van der Waals surface area contributed by atoms with Gasteiger partial charge >= 0.3 is 11.9 Å². The maximum atomic E-state index is 12.7. The number of sulfone groups is 1.